The minimum atomic E-state index is -0.778. The minimum Gasteiger partial charge on any atom is -0.505 e. The van der Waals surface area contributed by atoms with Crippen molar-refractivity contribution in [3.63, 3.8) is 0 Å². The molecule has 1 saturated heterocycles. The van der Waals surface area contributed by atoms with E-state index in [1.165, 1.54) is 24.0 Å². The lowest BCUT2D eigenvalue weighted by atomic mass is 10.2. The number of aromatic hydroxyl groups is 1. The summed E-state index contributed by atoms with van der Waals surface area (Å²) in [7, 11) is 0. The number of cyclic esters (lactones) is 1. The third kappa shape index (κ3) is 5.07. The molecule has 22 heavy (non-hydrogen) atoms. The van der Waals surface area contributed by atoms with Gasteiger partial charge in [-0.05, 0) is 19.1 Å². The van der Waals surface area contributed by atoms with Crippen molar-refractivity contribution >= 4 is 29.4 Å². The number of hydrogen-bond donors (Lipinski definition) is 1. The van der Waals surface area contributed by atoms with E-state index >= 15 is 0 Å². The summed E-state index contributed by atoms with van der Waals surface area (Å²) in [4.78, 5) is 22.5. The molecule has 2 rings (SSSR count). The molecule has 1 amide bonds. The normalized spacial score (nSPS) is 16.6. The first-order valence-corrected chi connectivity index (χ1v) is 7.08. The van der Waals surface area contributed by atoms with E-state index in [0.29, 0.717) is 12.3 Å². The number of rotatable bonds is 3. The number of halogens is 2. The fourth-order valence-electron chi connectivity index (χ4n) is 1.68. The molecule has 1 aromatic rings. The summed E-state index contributed by atoms with van der Waals surface area (Å²) in [6.45, 7) is 3.94. The number of hydrogen-bond acceptors (Lipinski definition) is 5. The largest absolute Gasteiger partial charge is 0.505 e. The second kappa shape index (κ2) is 8.43. The van der Waals surface area contributed by atoms with Crippen LogP contribution in [-0.4, -0.2) is 42.3 Å². The Kier molecular flexibility index (Phi) is 6.91. The fourth-order valence-corrected chi connectivity index (χ4v) is 1.84. The molecule has 122 valence electrons. The van der Waals surface area contributed by atoms with Crippen LogP contribution in [0.3, 0.4) is 0 Å². The van der Waals surface area contributed by atoms with Crippen LogP contribution >= 0.6 is 11.6 Å². The van der Waals surface area contributed by atoms with E-state index in [-0.39, 0.29) is 24.5 Å². The van der Waals surface area contributed by atoms with Gasteiger partial charge in [0.15, 0.2) is 11.6 Å². The van der Waals surface area contributed by atoms with Crippen molar-refractivity contribution < 1.29 is 28.6 Å². The molecular formula is C14H17ClFNO5. The first-order chi connectivity index (χ1) is 10.4. The molecule has 0 saturated carbocycles. The molecule has 0 aromatic heterocycles. The van der Waals surface area contributed by atoms with E-state index < -0.39 is 17.7 Å². The molecule has 1 fully saturated rings. The Hall–Kier alpha value is -2.02. The second-order valence-electron chi connectivity index (χ2n) is 4.33. The van der Waals surface area contributed by atoms with Gasteiger partial charge in [-0.25, -0.2) is 9.18 Å². The molecule has 1 N–H and O–H groups in total. The van der Waals surface area contributed by atoms with Crippen LogP contribution < -0.4 is 4.90 Å². The van der Waals surface area contributed by atoms with Crippen molar-refractivity contribution in [1.82, 2.24) is 0 Å². The Labute approximate surface area is 132 Å². The zero-order valence-corrected chi connectivity index (χ0v) is 13.0. The van der Waals surface area contributed by atoms with Gasteiger partial charge in [0.1, 0.15) is 6.10 Å². The highest BCUT2D eigenvalue weighted by molar-refractivity contribution is 6.18. The maximum absolute atomic E-state index is 13.1. The summed E-state index contributed by atoms with van der Waals surface area (Å²) in [5.41, 5.74) is 0.341. The van der Waals surface area contributed by atoms with Gasteiger partial charge in [0, 0.05) is 13.0 Å². The quantitative estimate of drug-likeness (QED) is 0.680. The molecular weight excluding hydrogens is 317 g/mol. The van der Waals surface area contributed by atoms with Crippen LogP contribution in [0.15, 0.2) is 18.2 Å². The van der Waals surface area contributed by atoms with E-state index in [4.69, 9.17) is 21.4 Å². The number of nitrogens with zero attached hydrogens (tertiary/aromatic N) is 1. The van der Waals surface area contributed by atoms with Crippen LogP contribution in [0, 0.1) is 5.82 Å². The average Bonchev–Trinajstić information content (AvgIpc) is 2.84. The molecule has 1 atom stereocenters. The van der Waals surface area contributed by atoms with Crippen LogP contribution in [-0.2, 0) is 14.3 Å². The zero-order chi connectivity index (χ0) is 16.7. The van der Waals surface area contributed by atoms with Gasteiger partial charge >= 0.3 is 12.1 Å². The van der Waals surface area contributed by atoms with Gasteiger partial charge in [-0.15, -0.1) is 11.6 Å². The average molecular weight is 334 g/mol. The van der Waals surface area contributed by atoms with Crippen LogP contribution in [0.4, 0.5) is 14.9 Å². The number of ether oxygens (including phenoxy) is 2. The lowest BCUT2D eigenvalue weighted by Crippen LogP contribution is -2.24. The number of amides is 1. The van der Waals surface area contributed by atoms with E-state index in [1.54, 1.807) is 6.92 Å². The zero-order valence-electron chi connectivity index (χ0n) is 12.2. The summed E-state index contributed by atoms with van der Waals surface area (Å²) < 4.78 is 22.4. The first-order valence-electron chi connectivity index (χ1n) is 6.55. The molecule has 1 unspecified atom stereocenters. The Bertz CT molecular complexity index is 540. The Balaban J connectivity index is 0.000000346. The third-order valence-corrected chi connectivity index (χ3v) is 2.98. The first kappa shape index (κ1) is 18.0. The third-order valence-electron chi connectivity index (χ3n) is 2.64. The molecule has 1 aromatic carbocycles. The summed E-state index contributed by atoms with van der Waals surface area (Å²) in [6.07, 6.45) is -0.943. The summed E-state index contributed by atoms with van der Waals surface area (Å²) in [5.74, 6) is -1.25. The van der Waals surface area contributed by atoms with Gasteiger partial charge in [-0.3, -0.25) is 9.69 Å². The maximum atomic E-state index is 13.1. The number of benzene rings is 1. The van der Waals surface area contributed by atoms with Crippen molar-refractivity contribution in [2.75, 3.05) is 23.9 Å². The number of phenols is 1. The fraction of sp³-hybridized carbons (Fsp3) is 0.429. The molecule has 8 heteroatoms. The smallest absolute Gasteiger partial charge is 0.414 e. The van der Waals surface area contributed by atoms with E-state index in [0.717, 1.165) is 6.07 Å². The highest BCUT2D eigenvalue weighted by Crippen LogP contribution is 2.26. The number of anilines is 1. The maximum Gasteiger partial charge on any atom is 0.414 e. The topological polar surface area (TPSA) is 76.1 Å². The number of alkyl halides is 1. The molecule has 0 aliphatic carbocycles. The van der Waals surface area contributed by atoms with Crippen molar-refractivity contribution in [3.05, 3.63) is 24.0 Å². The lowest BCUT2D eigenvalue weighted by Gasteiger charge is -2.12. The molecule has 0 spiro atoms. The molecule has 1 aliphatic heterocycles. The van der Waals surface area contributed by atoms with Gasteiger partial charge < -0.3 is 14.6 Å². The summed E-state index contributed by atoms with van der Waals surface area (Å²) in [6, 6.07) is 3.70. The lowest BCUT2D eigenvalue weighted by molar-refractivity contribution is -0.140. The van der Waals surface area contributed by atoms with E-state index in [9.17, 15) is 14.0 Å². The Morgan fingerprint density at radius 3 is 2.68 bits per heavy atom. The number of carbonyl (C=O) groups excluding carboxylic acids is 2. The standard InChI is InChI=1S/C10H9ClFNO3.C4H8O2/c11-4-7-5-13(10(15)16-7)6-1-2-9(14)8(12)3-6;1-3-6-4(2)5/h1-3,7,14H,4-5H2;3H2,1-2H3. The van der Waals surface area contributed by atoms with Crippen LogP contribution in [0.2, 0.25) is 0 Å². The number of carbonyl (C=O) groups is 2. The Morgan fingerprint density at radius 1 is 1.59 bits per heavy atom. The van der Waals surface area contributed by atoms with Crippen LogP contribution in [0.25, 0.3) is 0 Å². The summed E-state index contributed by atoms with van der Waals surface area (Å²) in [5, 5.41) is 9.02. The molecule has 1 aliphatic rings. The van der Waals surface area contributed by atoms with Crippen molar-refractivity contribution in [1.29, 1.82) is 0 Å². The van der Waals surface area contributed by atoms with Crippen molar-refractivity contribution in [3.8, 4) is 5.75 Å². The molecule has 1 heterocycles. The van der Waals surface area contributed by atoms with Crippen molar-refractivity contribution in [2.45, 2.75) is 20.0 Å². The highest BCUT2D eigenvalue weighted by atomic mass is 35.5. The summed E-state index contributed by atoms with van der Waals surface area (Å²) >= 11 is 5.56. The predicted molar refractivity (Wildman–Crippen MR) is 78.7 cm³/mol. The molecule has 6 nitrogen and oxygen atoms in total. The van der Waals surface area contributed by atoms with Crippen LogP contribution in [0.5, 0.6) is 5.75 Å². The van der Waals surface area contributed by atoms with Gasteiger partial charge in [0.25, 0.3) is 0 Å². The Morgan fingerprint density at radius 2 is 2.27 bits per heavy atom. The number of esters is 1. The predicted octanol–water partition coefficient (Wildman–Crippen LogP) is 2.66. The second-order valence-corrected chi connectivity index (χ2v) is 4.64. The molecule has 0 bridgehead atoms. The van der Waals surface area contributed by atoms with Gasteiger partial charge in [0.05, 0.1) is 24.7 Å². The SMILES string of the molecule is CCOC(C)=O.O=C1OC(CCl)CN1c1ccc(O)c(F)c1. The van der Waals surface area contributed by atoms with Gasteiger partial charge in [0.2, 0.25) is 0 Å². The minimum absolute atomic E-state index is 0.197. The van der Waals surface area contributed by atoms with Gasteiger partial charge in [-0.2, -0.15) is 0 Å². The molecule has 0 radical (unpaired) electrons. The van der Waals surface area contributed by atoms with Gasteiger partial charge in [-0.1, -0.05) is 0 Å². The van der Waals surface area contributed by atoms with Crippen LogP contribution in [0.1, 0.15) is 13.8 Å². The van der Waals surface area contributed by atoms with E-state index in [1.807, 2.05) is 0 Å². The highest BCUT2D eigenvalue weighted by Gasteiger charge is 2.31. The van der Waals surface area contributed by atoms with E-state index in [2.05, 4.69) is 4.74 Å². The monoisotopic (exact) mass is 333 g/mol. The van der Waals surface area contributed by atoms with Crippen molar-refractivity contribution in [2.24, 2.45) is 0 Å². The number of phenolic OH excluding ortho intramolecular Hbond substituents is 1.